The number of benzene rings is 2. The average Bonchev–Trinajstić information content (AvgIpc) is 3.06. The van der Waals surface area contributed by atoms with Gasteiger partial charge in [-0.05, 0) is 110 Å². The predicted octanol–water partition coefficient (Wildman–Crippen LogP) is 5.41. The maximum Gasteiger partial charge on any atom is 0.189 e. The zero-order valence-corrected chi connectivity index (χ0v) is 21.2. The van der Waals surface area contributed by atoms with E-state index in [4.69, 9.17) is 16.3 Å². The number of fused-ring (bicyclic) bond motifs is 3. The zero-order chi connectivity index (χ0) is 21.7. The average molecular weight is 560 g/mol. The van der Waals surface area contributed by atoms with Gasteiger partial charge >= 0.3 is 0 Å². The SMILES string of the molecule is CC(C)(C)OCN1CCC2(S(=O)(=O)c3ccc(Cl)cc3)c3ccc(I)cc3CCC12. The first-order valence-corrected chi connectivity index (χ1v) is 13.2. The fourth-order valence-corrected chi connectivity index (χ4v) is 7.91. The van der Waals surface area contributed by atoms with E-state index in [2.05, 4.69) is 33.6 Å². The molecule has 0 N–H and O–H groups in total. The first-order valence-electron chi connectivity index (χ1n) is 10.2. The van der Waals surface area contributed by atoms with Crippen molar-refractivity contribution in [2.24, 2.45) is 0 Å². The molecule has 1 aliphatic carbocycles. The highest BCUT2D eigenvalue weighted by atomic mass is 127. The minimum absolute atomic E-state index is 0.118. The molecule has 2 aromatic rings. The van der Waals surface area contributed by atoms with Crippen LogP contribution in [0.1, 0.15) is 44.7 Å². The summed E-state index contributed by atoms with van der Waals surface area (Å²) in [5.41, 5.74) is 1.82. The van der Waals surface area contributed by atoms with Crippen molar-refractivity contribution in [3.8, 4) is 0 Å². The predicted molar refractivity (Wildman–Crippen MR) is 129 cm³/mol. The largest absolute Gasteiger partial charge is 0.360 e. The number of nitrogens with zero attached hydrogens (tertiary/aromatic N) is 1. The van der Waals surface area contributed by atoms with Crippen LogP contribution in [0.3, 0.4) is 0 Å². The Morgan fingerprint density at radius 1 is 1.20 bits per heavy atom. The van der Waals surface area contributed by atoms with Crippen molar-refractivity contribution in [3.63, 3.8) is 0 Å². The van der Waals surface area contributed by atoms with Crippen LogP contribution in [0.5, 0.6) is 0 Å². The van der Waals surface area contributed by atoms with Crippen molar-refractivity contribution in [1.29, 1.82) is 0 Å². The first kappa shape index (κ1) is 22.5. The van der Waals surface area contributed by atoms with Gasteiger partial charge in [0.05, 0.1) is 17.2 Å². The van der Waals surface area contributed by atoms with E-state index in [1.165, 1.54) is 0 Å². The monoisotopic (exact) mass is 559 g/mol. The normalized spacial score (nSPS) is 24.5. The zero-order valence-electron chi connectivity index (χ0n) is 17.5. The molecular weight excluding hydrogens is 533 g/mol. The number of hydrogen-bond acceptors (Lipinski definition) is 4. The van der Waals surface area contributed by atoms with Crippen LogP contribution in [-0.4, -0.2) is 38.2 Å². The van der Waals surface area contributed by atoms with Gasteiger partial charge in [0.1, 0.15) is 4.75 Å². The summed E-state index contributed by atoms with van der Waals surface area (Å²) in [4.78, 5) is 2.56. The summed E-state index contributed by atoms with van der Waals surface area (Å²) >= 11 is 8.34. The summed E-state index contributed by atoms with van der Waals surface area (Å²) in [6, 6.07) is 12.7. The van der Waals surface area contributed by atoms with E-state index in [0.29, 0.717) is 29.6 Å². The maximum atomic E-state index is 14.2. The molecule has 1 aliphatic heterocycles. The highest BCUT2D eigenvalue weighted by Crippen LogP contribution is 2.52. The van der Waals surface area contributed by atoms with Gasteiger partial charge in [-0.3, -0.25) is 4.90 Å². The van der Waals surface area contributed by atoms with E-state index in [0.717, 1.165) is 27.5 Å². The molecule has 0 saturated carbocycles. The lowest BCUT2D eigenvalue weighted by Gasteiger charge is -2.43. The van der Waals surface area contributed by atoms with E-state index in [9.17, 15) is 8.42 Å². The van der Waals surface area contributed by atoms with Gasteiger partial charge in [-0.2, -0.15) is 0 Å². The number of likely N-dealkylation sites (tertiary alicyclic amines) is 1. The van der Waals surface area contributed by atoms with E-state index in [-0.39, 0.29) is 11.6 Å². The summed E-state index contributed by atoms with van der Waals surface area (Å²) in [6.07, 6.45) is 2.23. The second-order valence-corrected chi connectivity index (χ2v) is 13.0. The Labute approximate surface area is 198 Å². The maximum absolute atomic E-state index is 14.2. The van der Waals surface area contributed by atoms with E-state index >= 15 is 0 Å². The second-order valence-electron chi connectivity index (χ2n) is 9.15. The standard InChI is InChI=1S/C23H27ClINO3S/c1-22(2,3)29-15-26-13-12-23(30(27,28)19-8-5-17(24)6-9-19)20-10-7-18(25)14-16(20)4-11-21(23)26/h5-10,14,21H,4,11-13,15H2,1-3H3. The summed E-state index contributed by atoms with van der Waals surface area (Å²) in [6.45, 7) is 7.21. The molecule has 1 saturated heterocycles. The lowest BCUT2D eigenvalue weighted by atomic mass is 9.78. The Balaban J connectivity index is 1.84. The van der Waals surface area contributed by atoms with E-state index in [1.807, 2.05) is 32.9 Å². The van der Waals surface area contributed by atoms with Crippen molar-refractivity contribution in [3.05, 3.63) is 62.2 Å². The minimum Gasteiger partial charge on any atom is -0.360 e. The Morgan fingerprint density at radius 2 is 1.90 bits per heavy atom. The third-order valence-electron chi connectivity index (χ3n) is 6.23. The molecule has 4 nitrogen and oxygen atoms in total. The molecule has 0 spiro atoms. The summed E-state index contributed by atoms with van der Waals surface area (Å²) in [5.74, 6) is 0. The van der Waals surface area contributed by atoms with Gasteiger partial charge in [0, 0.05) is 21.2 Å². The topological polar surface area (TPSA) is 46.6 Å². The molecule has 0 bridgehead atoms. The number of halogens is 2. The molecule has 1 fully saturated rings. The number of ether oxygens (including phenoxy) is 1. The van der Waals surface area contributed by atoms with Crippen LogP contribution in [0.25, 0.3) is 0 Å². The summed E-state index contributed by atoms with van der Waals surface area (Å²) in [7, 11) is -3.65. The quantitative estimate of drug-likeness (QED) is 0.470. The highest BCUT2D eigenvalue weighted by molar-refractivity contribution is 14.1. The summed E-state index contributed by atoms with van der Waals surface area (Å²) < 4.78 is 34.6. The van der Waals surface area contributed by atoms with Gasteiger partial charge in [0.15, 0.2) is 9.84 Å². The van der Waals surface area contributed by atoms with Crippen LogP contribution >= 0.6 is 34.2 Å². The number of sulfone groups is 1. The molecule has 2 unspecified atom stereocenters. The van der Waals surface area contributed by atoms with Gasteiger partial charge in [-0.1, -0.05) is 17.7 Å². The molecule has 2 atom stereocenters. The molecule has 4 rings (SSSR count). The molecule has 0 radical (unpaired) electrons. The smallest absolute Gasteiger partial charge is 0.189 e. The van der Waals surface area contributed by atoms with E-state index in [1.54, 1.807) is 24.3 Å². The molecule has 7 heteroatoms. The third-order valence-corrected chi connectivity index (χ3v) is 9.70. The Kier molecular flexibility index (Phi) is 6.03. The molecule has 2 aromatic carbocycles. The van der Waals surface area contributed by atoms with Gasteiger partial charge in [-0.25, -0.2) is 8.42 Å². The molecule has 30 heavy (non-hydrogen) atoms. The lowest BCUT2D eigenvalue weighted by Crippen LogP contribution is -2.51. The molecule has 2 aliphatic rings. The Bertz CT molecular complexity index is 1050. The molecule has 0 aromatic heterocycles. The van der Waals surface area contributed by atoms with Crippen molar-refractivity contribution in [1.82, 2.24) is 4.90 Å². The lowest BCUT2D eigenvalue weighted by molar-refractivity contribution is -0.0699. The van der Waals surface area contributed by atoms with Crippen LogP contribution in [0.2, 0.25) is 5.02 Å². The van der Waals surface area contributed by atoms with Crippen LogP contribution in [0.4, 0.5) is 0 Å². The molecular formula is C23H27ClINO3S. The van der Waals surface area contributed by atoms with Crippen LogP contribution in [0, 0.1) is 3.57 Å². The number of aryl methyl sites for hydroxylation is 1. The third kappa shape index (κ3) is 3.83. The Hall–Kier alpha value is -0.670. The van der Waals surface area contributed by atoms with Crippen molar-refractivity contribution in [2.45, 2.75) is 61.3 Å². The number of rotatable bonds is 4. The van der Waals surface area contributed by atoms with Gasteiger partial charge in [0.2, 0.25) is 0 Å². The van der Waals surface area contributed by atoms with Crippen molar-refractivity contribution < 1.29 is 13.2 Å². The van der Waals surface area contributed by atoms with Crippen LogP contribution in [0.15, 0.2) is 47.4 Å². The minimum atomic E-state index is -3.65. The van der Waals surface area contributed by atoms with Gasteiger partial charge in [0.25, 0.3) is 0 Å². The highest BCUT2D eigenvalue weighted by Gasteiger charge is 2.59. The molecule has 1 heterocycles. The Morgan fingerprint density at radius 3 is 2.57 bits per heavy atom. The van der Waals surface area contributed by atoms with Crippen LogP contribution < -0.4 is 0 Å². The molecule has 0 amide bonds. The van der Waals surface area contributed by atoms with Gasteiger partial charge in [-0.15, -0.1) is 0 Å². The van der Waals surface area contributed by atoms with Crippen LogP contribution in [-0.2, 0) is 25.7 Å². The van der Waals surface area contributed by atoms with Gasteiger partial charge < -0.3 is 4.74 Å². The number of hydrogen-bond donors (Lipinski definition) is 0. The second kappa shape index (κ2) is 8.03. The van der Waals surface area contributed by atoms with Crippen molar-refractivity contribution in [2.75, 3.05) is 13.3 Å². The fraction of sp³-hybridized carbons (Fsp3) is 0.478. The summed E-state index contributed by atoms with van der Waals surface area (Å²) in [5, 5.41) is 0.535. The first-order chi connectivity index (χ1) is 14.0. The van der Waals surface area contributed by atoms with E-state index < -0.39 is 14.6 Å². The molecule has 162 valence electrons. The van der Waals surface area contributed by atoms with Crippen molar-refractivity contribution >= 4 is 44.0 Å². The fourth-order valence-electron chi connectivity index (χ4n) is 4.84.